The number of fused-ring (bicyclic) bond motifs is 1. The Morgan fingerprint density at radius 1 is 1.37 bits per heavy atom. The Labute approximate surface area is 107 Å². The summed E-state index contributed by atoms with van der Waals surface area (Å²) in [6.45, 7) is 0. The number of nitrogens with zero attached hydrogens (tertiary/aromatic N) is 3. The second-order valence-corrected chi connectivity index (χ2v) is 3.88. The van der Waals surface area contributed by atoms with E-state index < -0.39 is 5.82 Å². The first-order valence-electron chi connectivity index (χ1n) is 5.49. The van der Waals surface area contributed by atoms with Crippen LogP contribution in [-0.4, -0.2) is 27.0 Å². The minimum atomic E-state index is -0.496. The van der Waals surface area contributed by atoms with E-state index in [0.717, 1.165) is 6.20 Å². The van der Waals surface area contributed by atoms with Gasteiger partial charge in [0, 0.05) is 6.20 Å². The molecule has 0 saturated heterocycles. The number of nitrogens with one attached hydrogen (secondary N) is 1. The van der Waals surface area contributed by atoms with Crippen LogP contribution in [0.1, 0.15) is 0 Å². The SMILES string of the molecule is COc1ncc(F)cc1-c1nc(N)c2cc[nH]c2n1. The minimum absolute atomic E-state index is 0.242. The van der Waals surface area contributed by atoms with Crippen LogP contribution in [0.15, 0.2) is 24.5 Å². The Hall–Kier alpha value is -2.70. The van der Waals surface area contributed by atoms with E-state index in [9.17, 15) is 4.39 Å². The lowest BCUT2D eigenvalue weighted by Gasteiger charge is -2.07. The molecule has 0 aromatic carbocycles. The molecule has 0 atom stereocenters. The number of aromatic nitrogens is 4. The zero-order valence-electron chi connectivity index (χ0n) is 10.0. The largest absolute Gasteiger partial charge is 0.480 e. The first-order valence-corrected chi connectivity index (χ1v) is 5.49. The maximum Gasteiger partial charge on any atom is 0.224 e. The van der Waals surface area contributed by atoms with Gasteiger partial charge in [-0.05, 0) is 12.1 Å². The van der Waals surface area contributed by atoms with E-state index in [1.807, 2.05) is 0 Å². The van der Waals surface area contributed by atoms with Crippen molar-refractivity contribution in [2.45, 2.75) is 0 Å². The molecule has 3 aromatic rings. The van der Waals surface area contributed by atoms with Crippen molar-refractivity contribution in [3.63, 3.8) is 0 Å². The molecule has 0 aliphatic rings. The Morgan fingerprint density at radius 3 is 3.00 bits per heavy atom. The highest BCUT2D eigenvalue weighted by molar-refractivity contribution is 5.87. The zero-order chi connectivity index (χ0) is 13.4. The van der Waals surface area contributed by atoms with Crippen LogP contribution in [0.25, 0.3) is 22.4 Å². The second kappa shape index (κ2) is 4.20. The fourth-order valence-corrected chi connectivity index (χ4v) is 1.84. The van der Waals surface area contributed by atoms with Gasteiger partial charge in [0.25, 0.3) is 0 Å². The average molecular weight is 259 g/mol. The predicted molar refractivity (Wildman–Crippen MR) is 68.0 cm³/mol. The van der Waals surface area contributed by atoms with Gasteiger partial charge in [0.1, 0.15) is 17.3 Å². The number of nitrogens with two attached hydrogens (primary N) is 1. The standard InChI is InChI=1S/C12H10FN5O/c1-19-12-8(4-6(13)5-16-12)11-17-9(14)7-2-3-15-10(7)18-11/h2-5H,1H3,(H3,14,15,17,18). The Bertz CT molecular complexity index is 755. The van der Waals surface area contributed by atoms with Gasteiger partial charge in [0.15, 0.2) is 5.82 Å². The Balaban J connectivity index is 2.26. The minimum Gasteiger partial charge on any atom is -0.480 e. The number of ether oxygens (including phenoxy) is 1. The molecule has 0 aliphatic heterocycles. The van der Waals surface area contributed by atoms with Crippen LogP contribution in [0, 0.1) is 5.82 Å². The van der Waals surface area contributed by atoms with Gasteiger partial charge in [-0.2, -0.15) is 0 Å². The summed E-state index contributed by atoms with van der Waals surface area (Å²) in [6, 6.07) is 3.03. The third-order valence-corrected chi connectivity index (χ3v) is 2.70. The van der Waals surface area contributed by atoms with E-state index in [1.165, 1.54) is 13.2 Å². The van der Waals surface area contributed by atoms with Gasteiger partial charge in [-0.15, -0.1) is 0 Å². The number of hydrogen-bond donors (Lipinski definition) is 2. The van der Waals surface area contributed by atoms with Crippen LogP contribution in [0.2, 0.25) is 0 Å². The van der Waals surface area contributed by atoms with E-state index in [2.05, 4.69) is 19.9 Å². The van der Waals surface area contributed by atoms with Crippen molar-refractivity contribution in [1.29, 1.82) is 0 Å². The summed E-state index contributed by atoms with van der Waals surface area (Å²) in [5.74, 6) is 0.320. The van der Waals surface area contributed by atoms with Crippen LogP contribution in [0.4, 0.5) is 10.2 Å². The van der Waals surface area contributed by atoms with E-state index in [-0.39, 0.29) is 11.7 Å². The fourth-order valence-electron chi connectivity index (χ4n) is 1.84. The van der Waals surface area contributed by atoms with Gasteiger partial charge in [0.05, 0.1) is 24.3 Å². The molecule has 0 saturated carbocycles. The topological polar surface area (TPSA) is 89.7 Å². The third-order valence-electron chi connectivity index (χ3n) is 2.70. The molecule has 0 amide bonds. The van der Waals surface area contributed by atoms with Crippen LogP contribution < -0.4 is 10.5 Å². The lowest BCUT2D eigenvalue weighted by atomic mass is 10.2. The van der Waals surface area contributed by atoms with Crippen molar-refractivity contribution in [1.82, 2.24) is 19.9 Å². The molecule has 3 heterocycles. The highest BCUT2D eigenvalue weighted by Gasteiger charge is 2.14. The normalized spacial score (nSPS) is 10.8. The Kier molecular flexibility index (Phi) is 2.52. The summed E-state index contributed by atoms with van der Waals surface area (Å²) in [6.07, 6.45) is 2.78. The summed E-state index contributed by atoms with van der Waals surface area (Å²) in [7, 11) is 1.44. The molecule has 3 N–H and O–H groups in total. The zero-order valence-corrected chi connectivity index (χ0v) is 10.0. The van der Waals surface area contributed by atoms with Crippen LogP contribution >= 0.6 is 0 Å². The summed E-state index contributed by atoms with van der Waals surface area (Å²) < 4.78 is 18.4. The van der Waals surface area contributed by atoms with Crippen molar-refractivity contribution in [2.75, 3.05) is 12.8 Å². The summed E-state index contributed by atoms with van der Waals surface area (Å²) in [4.78, 5) is 15.2. The van der Waals surface area contributed by atoms with Crippen molar-refractivity contribution >= 4 is 16.9 Å². The molecule has 0 fully saturated rings. The van der Waals surface area contributed by atoms with Crippen molar-refractivity contribution in [2.24, 2.45) is 0 Å². The van der Waals surface area contributed by atoms with Gasteiger partial charge in [-0.1, -0.05) is 0 Å². The molecular weight excluding hydrogens is 249 g/mol. The monoisotopic (exact) mass is 259 g/mol. The van der Waals surface area contributed by atoms with E-state index >= 15 is 0 Å². The molecular formula is C12H10FN5O. The molecule has 6 nitrogen and oxygen atoms in total. The number of hydrogen-bond acceptors (Lipinski definition) is 5. The molecule has 7 heteroatoms. The summed E-state index contributed by atoms with van der Waals surface area (Å²) >= 11 is 0. The highest BCUT2D eigenvalue weighted by Crippen LogP contribution is 2.28. The summed E-state index contributed by atoms with van der Waals surface area (Å²) in [5.41, 5.74) is 6.77. The number of methoxy groups -OCH3 is 1. The second-order valence-electron chi connectivity index (χ2n) is 3.88. The fraction of sp³-hybridized carbons (Fsp3) is 0.0833. The van der Waals surface area contributed by atoms with Crippen molar-refractivity contribution < 1.29 is 9.13 Å². The number of nitrogen functional groups attached to an aromatic ring is 1. The van der Waals surface area contributed by atoms with Crippen molar-refractivity contribution in [3.8, 4) is 17.3 Å². The van der Waals surface area contributed by atoms with E-state index in [0.29, 0.717) is 22.4 Å². The molecule has 3 rings (SSSR count). The molecule has 0 aliphatic carbocycles. The molecule has 19 heavy (non-hydrogen) atoms. The van der Waals surface area contributed by atoms with Gasteiger partial charge in [0.2, 0.25) is 5.88 Å². The number of pyridine rings is 1. The maximum absolute atomic E-state index is 13.3. The predicted octanol–water partition coefficient (Wildman–Crippen LogP) is 1.75. The lowest BCUT2D eigenvalue weighted by Crippen LogP contribution is -2.00. The molecule has 3 aromatic heterocycles. The summed E-state index contributed by atoms with van der Waals surface area (Å²) in [5, 5.41) is 0.715. The first-order chi connectivity index (χ1) is 9.19. The first kappa shape index (κ1) is 11.4. The quantitative estimate of drug-likeness (QED) is 0.731. The molecule has 0 spiro atoms. The molecule has 0 radical (unpaired) electrons. The van der Waals surface area contributed by atoms with Gasteiger partial charge in [-0.3, -0.25) is 0 Å². The van der Waals surface area contributed by atoms with E-state index in [4.69, 9.17) is 10.5 Å². The van der Waals surface area contributed by atoms with Gasteiger partial charge < -0.3 is 15.5 Å². The van der Waals surface area contributed by atoms with Crippen molar-refractivity contribution in [3.05, 3.63) is 30.3 Å². The highest BCUT2D eigenvalue weighted by atomic mass is 19.1. The molecule has 0 bridgehead atoms. The number of anilines is 1. The molecule has 0 unspecified atom stereocenters. The third kappa shape index (κ3) is 1.85. The average Bonchev–Trinajstić information content (AvgIpc) is 2.87. The van der Waals surface area contributed by atoms with Gasteiger partial charge >= 0.3 is 0 Å². The van der Waals surface area contributed by atoms with Crippen LogP contribution in [0.3, 0.4) is 0 Å². The number of halogens is 1. The van der Waals surface area contributed by atoms with E-state index in [1.54, 1.807) is 12.3 Å². The van der Waals surface area contributed by atoms with Gasteiger partial charge in [-0.25, -0.2) is 19.3 Å². The number of H-pyrrole nitrogens is 1. The maximum atomic E-state index is 13.3. The molecule has 96 valence electrons. The van der Waals surface area contributed by atoms with Crippen LogP contribution in [0.5, 0.6) is 5.88 Å². The van der Waals surface area contributed by atoms with Crippen LogP contribution in [-0.2, 0) is 0 Å². The number of aromatic amines is 1. The smallest absolute Gasteiger partial charge is 0.224 e. The lowest BCUT2D eigenvalue weighted by molar-refractivity contribution is 0.397. The Morgan fingerprint density at radius 2 is 2.21 bits per heavy atom. The number of rotatable bonds is 2.